The van der Waals surface area contributed by atoms with E-state index in [0.29, 0.717) is 25.0 Å². The van der Waals surface area contributed by atoms with Gasteiger partial charge in [0.1, 0.15) is 6.54 Å². The predicted octanol–water partition coefficient (Wildman–Crippen LogP) is 3.61. The largest absolute Gasteiger partial charge is 0.435 e. The second-order valence-electron chi connectivity index (χ2n) is 6.37. The van der Waals surface area contributed by atoms with Crippen molar-refractivity contribution in [1.29, 1.82) is 0 Å². The molecule has 1 aromatic carbocycles. The molecule has 134 valence electrons. The highest BCUT2D eigenvalue weighted by atomic mass is 19.4. The highest BCUT2D eigenvalue weighted by molar-refractivity contribution is 5.76. The molecule has 0 N–H and O–H groups in total. The Labute approximate surface area is 144 Å². The molecule has 0 aliphatic heterocycles. The van der Waals surface area contributed by atoms with Gasteiger partial charge in [0.05, 0.1) is 6.04 Å². The fourth-order valence-corrected chi connectivity index (χ4v) is 3.28. The number of carbonyl (C=O) groups is 1. The van der Waals surface area contributed by atoms with E-state index in [1.54, 1.807) is 11.9 Å². The number of hydrogen-bond donors (Lipinski definition) is 0. The topological polar surface area (TPSA) is 38.1 Å². The molecule has 1 amide bonds. The molecule has 1 aliphatic carbocycles. The highest BCUT2D eigenvalue weighted by Gasteiger charge is 2.40. The summed E-state index contributed by atoms with van der Waals surface area (Å²) >= 11 is 0. The van der Waals surface area contributed by atoms with Crippen molar-refractivity contribution in [2.75, 3.05) is 7.05 Å². The third-order valence-electron chi connectivity index (χ3n) is 4.82. The number of likely N-dealkylation sites (N-methyl/N-ethyl adjacent to an activating group) is 1. The normalized spacial score (nSPS) is 15.1. The molecule has 4 nitrogen and oxygen atoms in total. The first kappa shape index (κ1) is 17.5. The fourth-order valence-electron chi connectivity index (χ4n) is 3.28. The van der Waals surface area contributed by atoms with E-state index in [1.807, 2.05) is 37.3 Å². The van der Waals surface area contributed by atoms with Crippen molar-refractivity contribution >= 4 is 5.91 Å². The van der Waals surface area contributed by atoms with E-state index >= 15 is 0 Å². The van der Waals surface area contributed by atoms with Crippen molar-refractivity contribution in [1.82, 2.24) is 14.7 Å². The number of fused-ring (bicyclic) bond motifs is 1. The average Bonchev–Trinajstić information content (AvgIpc) is 3.17. The minimum absolute atomic E-state index is 0.167. The van der Waals surface area contributed by atoms with Crippen molar-refractivity contribution in [3.8, 4) is 0 Å². The Balaban J connectivity index is 1.80. The highest BCUT2D eigenvalue weighted by Crippen LogP contribution is 2.36. The van der Waals surface area contributed by atoms with Gasteiger partial charge in [-0.1, -0.05) is 30.3 Å². The van der Waals surface area contributed by atoms with Crippen LogP contribution in [0.25, 0.3) is 0 Å². The zero-order chi connectivity index (χ0) is 18.2. The second kappa shape index (κ2) is 6.54. The van der Waals surface area contributed by atoms with Crippen molar-refractivity contribution in [3.05, 3.63) is 52.8 Å². The lowest BCUT2D eigenvalue weighted by atomic mass is 10.1. The molecule has 0 spiro atoms. The van der Waals surface area contributed by atoms with Crippen LogP contribution in [0.15, 0.2) is 30.3 Å². The standard InChI is InChI=1S/C18H20F3N3O/c1-12(13-7-4-3-5-8-13)23(2)16(25)11-24-15-10-6-9-14(15)17(22-24)18(19,20)21/h3-5,7-8,12H,6,9-11H2,1-2H3/t12-/m1/s1. The van der Waals surface area contributed by atoms with Gasteiger partial charge in [-0.2, -0.15) is 18.3 Å². The lowest BCUT2D eigenvalue weighted by Gasteiger charge is -2.25. The van der Waals surface area contributed by atoms with Crippen LogP contribution < -0.4 is 0 Å². The molecule has 0 unspecified atom stereocenters. The van der Waals surface area contributed by atoms with E-state index in [0.717, 1.165) is 5.56 Å². The maximum atomic E-state index is 13.1. The van der Waals surface area contributed by atoms with Gasteiger partial charge in [-0.05, 0) is 31.7 Å². The zero-order valence-corrected chi connectivity index (χ0v) is 14.2. The summed E-state index contributed by atoms with van der Waals surface area (Å²) in [6, 6.07) is 9.34. The van der Waals surface area contributed by atoms with Gasteiger partial charge in [-0.15, -0.1) is 0 Å². The quantitative estimate of drug-likeness (QED) is 0.844. The Kier molecular flexibility index (Phi) is 4.58. The smallest absolute Gasteiger partial charge is 0.337 e. The Morgan fingerprint density at radius 2 is 1.96 bits per heavy atom. The Hall–Kier alpha value is -2.31. The number of carbonyl (C=O) groups excluding carboxylic acids is 1. The summed E-state index contributed by atoms with van der Waals surface area (Å²) in [7, 11) is 1.66. The fraction of sp³-hybridized carbons (Fsp3) is 0.444. The minimum atomic E-state index is -4.48. The first-order valence-electron chi connectivity index (χ1n) is 8.25. The molecule has 7 heteroatoms. The molecular formula is C18H20F3N3O. The molecule has 1 aliphatic rings. The Morgan fingerprint density at radius 3 is 2.60 bits per heavy atom. The summed E-state index contributed by atoms with van der Waals surface area (Å²) in [6.45, 7) is 1.72. The van der Waals surface area contributed by atoms with E-state index in [2.05, 4.69) is 5.10 Å². The van der Waals surface area contributed by atoms with Crippen LogP contribution in [-0.4, -0.2) is 27.6 Å². The number of alkyl halides is 3. The SMILES string of the molecule is C[C@H](c1ccccc1)N(C)C(=O)Cn1nc(C(F)(F)F)c2c1CCC2. The first-order valence-corrected chi connectivity index (χ1v) is 8.25. The van der Waals surface area contributed by atoms with Crippen molar-refractivity contribution in [3.63, 3.8) is 0 Å². The Morgan fingerprint density at radius 1 is 1.28 bits per heavy atom. The van der Waals surface area contributed by atoms with Crippen LogP contribution in [-0.2, 0) is 30.4 Å². The molecule has 3 rings (SSSR count). The van der Waals surface area contributed by atoms with E-state index < -0.39 is 11.9 Å². The average molecular weight is 351 g/mol. The van der Waals surface area contributed by atoms with Gasteiger partial charge in [-0.25, -0.2) is 0 Å². The van der Waals surface area contributed by atoms with E-state index in [-0.39, 0.29) is 24.1 Å². The molecule has 1 atom stereocenters. The number of nitrogens with zero attached hydrogens (tertiary/aromatic N) is 3. The van der Waals surface area contributed by atoms with Crippen LogP contribution in [0.5, 0.6) is 0 Å². The van der Waals surface area contributed by atoms with Crippen LogP contribution in [0.2, 0.25) is 0 Å². The van der Waals surface area contributed by atoms with Crippen LogP contribution in [0.1, 0.15) is 41.9 Å². The molecule has 1 heterocycles. The number of hydrogen-bond acceptors (Lipinski definition) is 2. The van der Waals surface area contributed by atoms with Gasteiger partial charge in [0.25, 0.3) is 0 Å². The molecular weight excluding hydrogens is 331 g/mol. The molecule has 0 bridgehead atoms. The maximum Gasteiger partial charge on any atom is 0.435 e. The number of halogens is 3. The summed E-state index contributed by atoms with van der Waals surface area (Å²) in [5, 5.41) is 3.70. The van der Waals surface area contributed by atoms with Gasteiger partial charge < -0.3 is 4.90 Å². The van der Waals surface area contributed by atoms with E-state index in [9.17, 15) is 18.0 Å². The lowest BCUT2D eigenvalue weighted by Crippen LogP contribution is -2.33. The van der Waals surface area contributed by atoms with Crippen molar-refractivity contribution < 1.29 is 18.0 Å². The van der Waals surface area contributed by atoms with E-state index in [4.69, 9.17) is 0 Å². The summed E-state index contributed by atoms with van der Waals surface area (Å²) in [5.41, 5.74) is 0.923. The van der Waals surface area contributed by atoms with Gasteiger partial charge in [0.2, 0.25) is 5.91 Å². The van der Waals surface area contributed by atoms with Crippen LogP contribution in [0.3, 0.4) is 0 Å². The van der Waals surface area contributed by atoms with Gasteiger partial charge in [0, 0.05) is 18.3 Å². The molecule has 25 heavy (non-hydrogen) atoms. The first-order chi connectivity index (χ1) is 11.8. The van der Waals surface area contributed by atoms with Gasteiger partial charge >= 0.3 is 6.18 Å². The molecule has 0 radical (unpaired) electrons. The second-order valence-corrected chi connectivity index (χ2v) is 6.37. The van der Waals surface area contributed by atoms with Crippen molar-refractivity contribution in [2.45, 2.75) is 44.9 Å². The zero-order valence-electron chi connectivity index (χ0n) is 14.2. The number of aromatic nitrogens is 2. The maximum absolute atomic E-state index is 13.1. The van der Waals surface area contributed by atoms with Gasteiger partial charge in [-0.3, -0.25) is 9.48 Å². The number of rotatable bonds is 4. The molecule has 1 aromatic heterocycles. The number of benzene rings is 1. The molecule has 2 aromatic rings. The molecule has 0 fully saturated rings. The van der Waals surface area contributed by atoms with E-state index in [1.165, 1.54) is 4.68 Å². The third-order valence-corrected chi connectivity index (χ3v) is 4.82. The lowest BCUT2D eigenvalue weighted by molar-refractivity contribution is -0.142. The summed E-state index contributed by atoms with van der Waals surface area (Å²) in [4.78, 5) is 14.1. The van der Waals surface area contributed by atoms with Crippen LogP contribution >= 0.6 is 0 Å². The summed E-state index contributed by atoms with van der Waals surface area (Å²) in [6.07, 6.45) is -2.91. The monoisotopic (exact) mass is 351 g/mol. The van der Waals surface area contributed by atoms with Crippen LogP contribution in [0.4, 0.5) is 13.2 Å². The molecule has 0 saturated heterocycles. The summed E-state index contributed by atoms with van der Waals surface area (Å²) in [5.74, 6) is -0.262. The Bertz CT molecular complexity index is 768. The van der Waals surface area contributed by atoms with Crippen molar-refractivity contribution in [2.24, 2.45) is 0 Å². The number of amides is 1. The minimum Gasteiger partial charge on any atom is -0.337 e. The predicted molar refractivity (Wildman–Crippen MR) is 86.9 cm³/mol. The van der Waals surface area contributed by atoms with Gasteiger partial charge in [0.15, 0.2) is 5.69 Å². The molecule has 0 saturated carbocycles. The van der Waals surface area contributed by atoms with Crippen LogP contribution in [0, 0.1) is 0 Å². The summed E-state index contributed by atoms with van der Waals surface area (Å²) < 4.78 is 40.6. The third kappa shape index (κ3) is 3.41.